The molecule has 0 aliphatic carbocycles. The second-order valence-corrected chi connectivity index (χ2v) is 6.57. The lowest BCUT2D eigenvalue weighted by Crippen LogP contribution is -2.00. The van der Waals surface area contributed by atoms with Gasteiger partial charge in [0.1, 0.15) is 18.2 Å². The molecule has 0 bridgehead atoms. The predicted octanol–water partition coefficient (Wildman–Crippen LogP) is 4.71. The van der Waals surface area contributed by atoms with Crippen LogP contribution in [0.3, 0.4) is 0 Å². The number of ether oxygens (including phenoxy) is 1. The number of hydrogen-bond acceptors (Lipinski definition) is 5. The molecule has 6 nitrogen and oxygen atoms in total. The summed E-state index contributed by atoms with van der Waals surface area (Å²) >= 11 is 0. The standard InChI is InChI=1S/C22H20FN5O/c1-2-13-28-22(25-26-27-28)24-14-20-19-6-4-3-5-17(19)9-12-21(20)29-15-16-7-10-18(23)11-8-16/h3-12,14H,2,13,15H2,1H3. The molecule has 3 aromatic carbocycles. The third-order valence-electron chi connectivity index (χ3n) is 4.50. The third-order valence-corrected chi connectivity index (χ3v) is 4.50. The van der Waals surface area contributed by atoms with Crippen molar-refractivity contribution in [2.24, 2.45) is 4.99 Å². The number of aryl methyl sites for hydroxylation is 1. The first kappa shape index (κ1) is 18.7. The monoisotopic (exact) mass is 389 g/mol. The number of hydrogen-bond donors (Lipinski definition) is 0. The highest BCUT2D eigenvalue weighted by atomic mass is 19.1. The summed E-state index contributed by atoms with van der Waals surface area (Å²) in [5.74, 6) is 0.868. The third kappa shape index (κ3) is 4.29. The van der Waals surface area contributed by atoms with Crippen LogP contribution in [-0.4, -0.2) is 26.4 Å². The topological polar surface area (TPSA) is 65.2 Å². The highest BCUT2D eigenvalue weighted by Gasteiger charge is 2.09. The maximum Gasteiger partial charge on any atom is 0.269 e. The van der Waals surface area contributed by atoms with Crippen molar-refractivity contribution in [3.8, 4) is 5.75 Å². The molecule has 4 rings (SSSR count). The average Bonchev–Trinajstić information content (AvgIpc) is 3.19. The smallest absolute Gasteiger partial charge is 0.269 e. The van der Waals surface area contributed by atoms with E-state index in [4.69, 9.17) is 4.74 Å². The second kappa shape index (κ2) is 8.60. The van der Waals surface area contributed by atoms with E-state index in [2.05, 4.69) is 27.4 Å². The minimum atomic E-state index is -0.267. The van der Waals surface area contributed by atoms with Crippen molar-refractivity contribution in [2.75, 3.05) is 0 Å². The van der Waals surface area contributed by atoms with Gasteiger partial charge in [-0.25, -0.2) is 14.1 Å². The fourth-order valence-electron chi connectivity index (χ4n) is 3.05. The van der Waals surface area contributed by atoms with Gasteiger partial charge in [-0.05, 0) is 51.4 Å². The van der Waals surface area contributed by atoms with Gasteiger partial charge in [0.2, 0.25) is 0 Å². The van der Waals surface area contributed by atoms with Crippen LogP contribution in [0.2, 0.25) is 0 Å². The summed E-state index contributed by atoms with van der Waals surface area (Å²) in [5.41, 5.74) is 1.73. The number of nitrogens with zero attached hydrogens (tertiary/aromatic N) is 5. The van der Waals surface area contributed by atoms with Crippen LogP contribution >= 0.6 is 0 Å². The van der Waals surface area contributed by atoms with Crippen molar-refractivity contribution in [3.63, 3.8) is 0 Å². The Labute approximate surface area is 167 Å². The van der Waals surface area contributed by atoms with E-state index in [9.17, 15) is 4.39 Å². The molecule has 0 radical (unpaired) electrons. The van der Waals surface area contributed by atoms with Crippen LogP contribution in [0.4, 0.5) is 10.3 Å². The molecule has 1 heterocycles. The van der Waals surface area contributed by atoms with Crippen LogP contribution in [0.1, 0.15) is 24.5 Å². The molecule has 7 heteroatoms. The van der Waals surface area contributed by atoms with Gasteiger partial charge in [-0.2, -0.15) is 0 Å². The van der Waals surface area contributed by atoms with Crippen LogP contribution in [0, 0.1) is 5.82 Å². The van der Waals surface area contributed by atoms with Crippen LogP contribution in [0.25, 0.3) is 10.8 Å². The predicted molar refractivity (Wildman–Crippen MR) is 110 cm³/mol. The summed E-state index contributed by atoms with van der Waals surface area (Å²) in [5, 5.41) is 13.8. The molecule has 29 heavy (non-hydrogen) atoms. The van der Waals surface area contributed by atoms with E-state index in [0.29, 0.717) is 24.8 Å². The van der Waals surface area contributed by atoms with Gasteiger partial charge in [-0.1, -0.05) is 54.5 Å². The highest BCUT2D eigenvalue weighted by molar-refractivity contribution is 6.02. The van der Waals surface area contributed by atoms with Gasteiger partial charge in [0.25, 0.3) is 5.95 Å². The average molecular weight is 389 g/mol. The Balaban J connectivity index is 1.68. The highest BCUT2D eigenvalue weighted by Crippen LogP contribution is 2.28. The van der Waals surface area contributed by atoms with Gasteiger partial charge >= 0.3 is 0 Å². The van der Waals surface area contributed by atoms with Crippen LogP contribution in [-0.2, 0) is 13.2 Å². The van der Waals surface area contributed by atoms with Crippen molar-refractivity contribution in [1.82, 2.24) is 20.2 Å². The normalized spacial score (nSPS) is 11.4. The minimum Gasteiger partial charge on any atom is -0.488 e. The number of halogens is 1. The molecule has 0 amide bonds. The molecule has 0 N–H and O–H groups in total. The van der Waals surface area contributed by atoms with Gasteiger partial charge in [-0.15, -0.1) is 0 Å². The van der Waals surface area contributed by atoms with Crippen molar-refractivity contribution in [3.05, 3.63) is 77.6 Å². The molecule has 0 aliphatic heterocycles. The van der Waals surface area contributed by atoms with E-state index in [1.54, 1.807) is 23.0 Å². The molecule has 146 valence electrons. The van der Waals surface area contributed by atoms with Crippen LogP contribution < -0.4 is 4.74 Å². The van der Waals surface area contributed by atoms with E-state index in [-0.39, 0.29) is 5.82 Å². The minimum absolute atomic E-state index is 0.267. The van der Waals surface area contributed by atoms with E-state index in [0.717, 1.165) is 28.3 Å². The molecule has 0 unspecified atom stereocenters. The summed E-state index contributed by atoms with van der Waals surface area (Å²) in [6.45, 7) is 3.08. The molecule has 0 atom stereocenters. The first-order chi connectivity index (χ1) is 14.2. The zero-order chi connectivity index (χ0) is 20.1. The Kier molecular flexibility index (Phi) is 5.56. The number of rotatable bonds is 7. The van der Waals surface area contributed by atoms with E-state index >= 15 is 0 Å². The molecule has 0 aliphatic rings. The summed E-state index contributed by atoms with van der Waals surface area (Å²) < 4.78 is 20.8. The Morgan fingerprint density at radius 3 is 2.72 bits per heavy atom. The molecular formula is C22H20FN5O. The molecule has 0 saturated carbocycles. The van der Waals surface area contributed by atoms with Crippen molar-refractivity contribution in [2.45, 2.75) is 26.5 Å². The lowest BCUT2D eigenvalue weighted by Gasteiger charge is -2.12. The molecule has 0 saturated heterocycles. The Morgan fingerprint density at radius 2 is 1.90 bits per heavy atom. The maximum absolute atomic E-state index is 13.1. The van der Waals surface area contributed by atoms with E-state index < -0.39 is 0 Å². The number of tetrazole rings is 1. The summed E-state index contributed by atoms with van der Waals surface area (Å²) in [6, 6.07) is 18.2. The van der Waals surface area contributed by atoms with Gasteiger partial charge in [-0.3, -0.25) is 0 Å². The summed E-state index contributed by atoms with van der Waals surface area (Å²) in [4.78, 5) is 4.50. The Morgan fingerprint density at radius 1 is 1.07 bits per heavy atom. The zero-order valence-electron chi connectivity index (χ0n) is 16.0. The Hall–Kier alpha value is -3.61. The number of fused-ring (bicyclic) bond motifs is 1. The van der Waals surface area contributed by atoms with Gasteiger partial charge in [0.05, 0.1) is 0 Å². The lowest BCUT2D eigenvalue weighted by atomic mass is 10.0. The molecular weight excluding hydrogens is 369 g/mol. The van der Waals surface area contributed by atoms with Crippen molar-refractivity contribution < 1.29 is 9.13 Å². The van der Waals surface area contributed by atoms with E-state index in [1.165, 1.54) is 12.1 Å². The largest absolute Gasteiger partial charge is 0.488 e. The molecule has 0 spiro atoms. The molecule has 0 fully saturated rings. The summed E-state index contributed by atoms with van der Waals surface area (Å²) in [7, 11) is 0. The van der Waals surface area contributed by atoms with Gasteiger partial charge in [0.15, 0.2) is 0 Å². The lowest BCUT2D eigenvalue weighted by molar-refractivity contribution is 0.306. The first-order valence-corrected chi connectivity index (χ1v) is 9.44. The van der Waals surface area contributed by atoms with Crippen molar-refractivity contribution in [1.29, 1.82) is 0 Å². The number of benzene rings is 3. The number of aliphatic imine (C=N–C) groups is 1. The van der Waals surface area contributed by atoms with Crippen molar-refractivity contribution >= 4 is 22.9 Å². The maximum atomic E-state index is 13.1. The quantitative estimate of drug-likeness (QED) is 0.430. The van der Waals surface area contributed by atoms with Crippen LogP contribution in [0.15, 0.2) is 65.7 Å². The molecule has 1 aromatic heterocycles. The number of aromatic nitrogens is 4. The molecule has 4 aromatic rings. The van der Waals surface area contributed by atoms with Gasteiger partial charge in [0, 0.05) is 18.3 Å². The first-order valence-electron chi connectivity index (χ1n) is 9.44. The van der Waals surface area contributed by atoms with Gasteiger partial charge < -0.3 is 4.74 Å². The fourth-order valence-corrected chi connectivity index (χ4v) is 3.05. The van der Waals surface area contributed by atoms with E-state index in [1.807, 2.05) is 36.4 Å². The fraction of sp³-hybridized carbons (Fsp3) is 0.182. The Bertz CT molecular complexity index is 1140. The second-order valence-electron chi connectivity index (χ2n) is 6.57. The summed E-state index contributed by atoms with van der Waals surface area (Å²) in [6.07, 6.45) is 2.65. The SMILES string of the molecule is CCCn1nnnc1N=Cc1c(OCc2ccc(F)cc2)ccc2ccccc12. The van der Waals surface area contributed by atoms with Crippen LogP contribution in [0.5, 0.6) is 5.75 Å². The zero-order valence-corrected chi connectivity index (χ0v) is 16.0.